The number of carboxylic acids is 1. The highest BCUT2D eigenvalue weighted by atomic mass is 32.2. The molecule has 4 N–H and O–H groups in total. The Morgan fingerprint density at radius 2 is 2.21 bits per heavy atom. The number of nitrogen functional groups attached to an aromatic ring is 1. The van der Waals surface area contributed by atoms with E-state index in [-0.39, 0.29) is 22.3 Å². The molecule has 1 saturated heterocycles. The average Bonchev–Trinajstić information content (AvgIpc) is 3.43. The summed E-state index contributed by atoms with van der Waals surface area (Å²) in [6.45, 7) is 1.82. The molecule has 0 spiro atoms. The second-order valence-corrected chi connectivity index (χ2v) is 9.56. The molecule has 4 rings (SSSR count). The number of thiazole rings is 1. The van der Waals surface area contributed by atoms with E-state index < -0.39 is 35.0 Å². The van der Waals surface area contributed by atoms with Gasteiger partial charge in [0.1, 0.15) is 22.8 Å². The van der Waals surface area contributed by atoms with Crippen LogP contribution in [0.4, 0.5) is 5.13 Å². The van der Waals surface area contributed by atoms with Crippen LogP contribution in [0.2, 0.25) is 0 Å². The van der Waals surface area contributed by atoms with Crippen molar-refractivity contribution in [1.82, 2.24) is 34.8 Å². The van der Waals surface area contributed by atoms with E-state index in [2.05, 4.69) is 25.7 Å². The van der Waals surface area contributed by atoms with Crippen LogP contribution in [-0.2, 0) is 14.4 Å². The van der Waals surface area contributed by atoms with Gasteiger partial charge < -0.3 is 16.2 Å². The number of β-lactam (4-membered cyclic amide) rings is 1. The minimum atomic E-state index is -1.26. The Balaban J connectivity index is 1.44. The Morgan fingerprint density at radius 3 is 2.88 bits per heavy atom. The molecule has 1 unspecified atom stereocenters. The van der Waals surface area contributed by atoms with Crippen LogP contribution in [0.15, 0.2) is 22.7 Å². The van der Waals surface area contributed by atoms with Gasteiger partial charge in [0.05, 0.1) is 0 Å². The molecule has 0 bridgehead atoms. The van der Waals surface area contributed by atoms with Crippen molar-refractivity contribution >= 4 is 69.8 Å². The van der Waals surface area contributed by atoms with Gasteiger partial charge in [-0.15, -0.1) is 37.5 Å². The minimum Gasteiger partial charge on any atom is -0.477 e. The number of hydrogen-bond acceptors (Lipinski definition) is 12. The Morgan fingerprint density at radius 1 is 1.42 bits per heavy atom. The molecule has 172 valence electrons. The SMILES string of the molecule is CC=Cc1nnn(SCC2=C(C(=O)O)N3C(=O)C(NC(=O)C(=O)c4csc(N)n4)[C@@H]3SC2)n1. The molecule has 2 aromatic rings. The molecule has 0 aliphatic carbocycles. The number of nitrogens with one attached hydrogen (secondary N) is 1. The zero-order chi connectivity index (χ0) is 23.7. The van der Waals surface area contributed by atoms with Gasteiger partial charge in [-0.3, -0.25) is 19.3 Å². The number of amides is 2. The summed E-state index contributed by atoms with van der Waals surface area (Å²) in [7, 11) is 0. The van der Waals surface area contributed by atoms with Gasteiger partial charge in [-0.1, -0.05) is 6.08 Å². The van der Waals surface area contributed by atoms with Crippen molar-refractivity contribution in [3.8, 4) is 0 Å². The molecule has 2 atom stereocenters. The Bertz CT molecular complexity index is 1200. The average molecular weight is 509 g/mol. The van der Waals surface area contributed by atoms with Crippen molar-refractivity contribution in [2.75, 3.05) is 17.2 Å². The van der Waals surface area contributed by atoms with Crippen LogP contribution in [0.5, 0.6) is 0 Å². The fraction of sp³-hybridized carbons (Fsp3) is 0.294. The molecular weight excluding hydrogens is 492 g/mol. The van der Waals surface area contributed by atoms with Crippen LogP contribution in [0.25, 0.3) is 6.08 Å². The number of rotatable bonds is 8. The van der Waals surface area contributed by atoms with Gasteiger partial charge in [-0.2, -0.15) is 0 Å². The number of nitrogens with two attached hydrogens (primary N) is 1. The zero-order valence-electron chi connectivity index (χ0n) is 16.9. The maximum Gasteiger partial charge on any atom is 0.352 e. The van der Waals surface area contributed by atoms with Crippen LogP contribution >= 0.6 is 35.0 Å². The van der Waals surface area contributed by atoms with E-state index in [1.54, 1.807) is 12.2 Å². The largest absolute Gasteiger partial charge is 0.477 e. The Hall–Kier alpha value is -3.24. The third-order valence-corrected chi connectivity index (χ3v) is 7.46. The van der Waals surface area contributed by atoms with Crippen molar-refractivity contribution in [3.63, 3.8) is 0 Å². The first kappa shape index (κ1) is 22.9. The predicted molar refractivity (Wildman–Crippen MR) is 121 cm³/mol. The number of nitrogens with zero attached hydrogens (tertiary/aromatic N) is 6. The number of aliphatic carboxylic acids is 1. The van der Waals surface area contributed by atoms with Gasteiger partial charge in [0.2, 0.25) is 0 Å². The molecule has 16 heteroatoms. The summed E-state index contributed by atoms with van der Waals surface area (Å²) in [4.78, 5) is 54.0. The normalized spacial score (nSPS) is 20.0. The lowest BCUT2D eigenvalue weighted by Gasteiger charge is -2.49. The third kappa shape index (κ3) is 4.49. The van der Waals surface area contributed by atoms with E-state index in [9.17, 15) is 24.3 Å². The van der Waals surface area contributed by atoms with Gasteiger partial charge in [0.15, 0.2) is 11.0 Å². The number of tetrazole rings is 1. The summed E-state index contributed by atoms with van der Waals surface area (Å²) in [6, 6.07) is -1.02. The van der Waals surface area contributed by atoms with E-state index in [0.717, 1.165) is 28.2 Å². The lowest BCUT2D eigenvalue weighted by Crippen LogP contribution is -2.71. The lowest BCUT2D eigenvalue weighted by molar-refractivity contribution is -0.150. The topological polar surface area (TPSA) is 186 Å². The second kappa shape index (κ2) is 9.32. The van der Waals surface area contributed by atoms with Gasteiger partial charge >= 0.3 is 5.97 Å². The molecule has 0 aromatic carbocycles. The number of carboxylic acid groups (broad SMARTS) is 1. The van der Waals surface area contributed by atoms with Crippen molar-refractivity contribution < 1.29 is 24.3 Å². The van der Waals surface area contributed by atoms with E-state index in [0.29, 0.717) is 17.2 Å². The first-order chi connectivity index (χ1) is 15.8. The number of allylic oxidation sites excluding steroid dienone is 1. The number of fused-ring (bicyclic) bond motifs is 1. The highest BCUT2D eigenvalue weighted by Crippen LogP contribution is 2.41. The monoisotopic (exact) mass is 508 g/mol. The van der Waals surface area contributed by atoms with Crippen molar-refractivity contribution in [3.05, 3.63) is 34.2 Å². The molecule has 13 nitrogen and oxygen atoms in total. The number of thioether (sulfide) groups is 1. The fourth-order valence-corrected chi connectivity index (χ4v) is 5.89. The number of carbonyl (C=O) groups is 4. The highest BCUT2D eigenvalue weighted by molar-refractivity contribution is 8.00. The first-order valence-electron chi connectivity index (χ1n) is 9.32. The maximum absolute atomic E-state index is 12.7. The van der Waals surface area contributed by atoms with Crippen LogP contribution in [0.1, 0.15) is 23.2 Å². The van der Waals surface area contributed by atoms with Crippen LogP contribution in [0, 0.1) is 0 Å². The molecule has 33 heavy (non-hydrogen) atoms. The minimum absolute atomic E-state index is 0.111. The number of ketones is 1. The summed E-state index contributed by atoms with van der Waals surface area (Å²) in [5.41, 5.74) is 5.73. The quantitative estimate of drug-likeness (QED) is 0.244. The summed E-state index contributed by atoms with van der Waals surface area (Å²) >= 11 is 3.44. The maximum atomic E-state index is 12.7. The van der Waals surface area contributed by atoms with Gasteiger partial charge in [-0.05, 0) is 23.8 Å². The zero-order valence-corrected chi connectivity index (χ0v) is 19.3. The van der Waals surface area contributed by atoms with Crippen LogP contribution in [-0.4, -0.2) is 81.1 Å². The van der Waals surface area contributed by atoms with Gasteiger partial charge in [-0.25, -0.2) is 9.78 Å². The van der Waals surface area contributed by atoms with Crippen molar-refractivity contribution in [2.24, 2.45) is 0 Å². The molecular formula is C17H16N8O5S3. The van der Waals surface area contributed by atoms with E-state index in [4.69, 9.17) is 5.73 Å². The molecule has 1 fully saturated rings. The molecule has 2 aliphatic rings. The number of hydrogen-bond donors (Lipinski definition) is 3. The highest BCUT2D eigenvalue weighted by Gasteiger charge is 2.54. The smallest absolute Gasteiger partial charge is 0.352 e. The van der Waals surface area contributed by atoms with Crippen molar-refractivity contribution in [1.29, 1.82) is 0 Å². The third-order valence-electron chi connectivity index (χ3n) is 4.58. The van der Waals surface area contributed by atoms with Crippen molar-refractivity contribution in [2.45, 2.75) is 18.3 Å². The number of Topliss-reactive ketones (excluding diaryl/α,β-unsaturated/α-hetero) is 1. The number of carbonyl (C=O) groups excluding carboxylic acids is 3. The van der Waals surface area contributed by atoms with Gasteiger partial charge in [0, 0.05) is 28.8 Å². The summed E-state index contributed by atoms with van der Waals surface area (Å²) in [5, 5.41) is 24.8. The van der Waals surface area contributed by atoms with Gasteiger partial charge in [0.25, 0.3) is 17.6 Å². The standard InChI is InChI=1S/C17H16N8O5S3/c1-2-3-9-21-23-25(22-9)33-5-7-4-31-15-10(14(28)24(15)11(7)16(29)30)20-13(27)12(26)8-6-32-17(18)19-8/h2-3,6,10,15H,4-5H2,1H3,(H2,18,19)(H,20,27)(H,29,30)/t10?,15-/m0/s1. The molecule has 2 amide bonds. The molecule has 4 heterocycles. The van der Waals surface area contributed by atoms with E-state index in [1.165, 1.54) is 21.3 Å². The second-order valence-electron chi connectivity index (χ2n) is 6.69. The molecule has 2 aromatic heterocycles. The molecule has 0 saturated carbocycles. The van der Waals surface area contributed by atoms with E-state index >= 15 is 0 Å². The van der Waals surface area contributed by atoms with Crippen LogP contribution in [0.3, 0.4) is 0 Å². The number of anilines is 1. The Kier molecular flexibility index (Phi) is 6.48. The summed E-state index contributed by atoms with van der Waals surface area (Å²) < 4.78 is 1.27. The molecule has 2 aliphatic heterocycles. The predicted octanol–water partition coefficient (Wildman–Crippen LogP) is -0.137. The van der Waals surface area contributed by atoms with Crippen LogP contribution < -0.4 is 11.1 Å². The fourth-order valence-electron chi connectivity index (χ4n) is 3.13. The summed E-state index contributed by atoms with van der Waals surface area (Å²) in [5.74, 6) is -2.85. The molecule has 0 radical (unpaired) electrons. The lowest BCUT2D eigenvalue weighted by atomic mass is 10.0. The first-order valence-corrected chi connectivity index (χ1v) is 12.2. The van der Waals surface area contributed by atoms with E-state index in [1.807, 2.05) is 6.92 Å². The Labute approximate surface area is 198 Å². The summed E-state index contributed by atoms with van der Waals surface area (Å²) in [6.07, 6.45) is 3.44. The number of aromatic nitrogens is 5.